The van der Waals surface area contributed by atoms with Crippen LogP contribution in [0.5, 0.6) is 0 Å². The molecule has 1 atom stereocenters. The van der Waals surface area contributed by atoms with Gasteiger partial charge in [0.2, 0.25) is 0 Å². The van der Waals surface area contributed by atoms with Crippen molar-refractivity contribution in [3.8, 4) is 0 Å². The molecule has 0 radical (unpaired) electrons. The summed E-state index contributed by atoms with van der Waals surface area (Å²) in [7, 11) is 0. The highest BCUT2D eigenvalue weighted by Gasteiger charge is 2.13. The highest BCUT2D eigenvalue weighted by Crippen LogP contribution is 2.16. The quantitative estimate of drug-likeness (QED) is 0.921. The van der Waals surface area contributed by atoms with E-state index in [1.54, 1.807) is 30.5 Å². The fourth-order valence-electron chi connectivity index (χ4n) is 1.63. The number of aromatic nitrogens is 1. The van der Waals surface area contributed by atoms with Crippen LogP contribution in [0, 0.1) is 0 Å². The van der Waals surface area contributed by atoms with Gasteiger partial charge in [-0.1, -0.05) is 29.8 Å². The molecule has 0 saturated carbocycles. The molecule has 2 rings (SSSR count). The third-order valence-corrected chi connectivity index (χ3v) is 2.93. The van der Waals surface area contributed by atoms with Crippen LogP contribution in [0.15, 0.2) is 48.7 Å². The minimum atomic E-state index is -0.196. The van der Waals surface area contributed by atoms with Gasteiger partial charge in [-0.3, -0.25) is 9.78 Å². The van der Waals surface area contributed by atoms with Crippen molar-refractivity contribution in [3.63, 3.8) is 0 Å². The van der Waals surface area contributed by atoms with E-state index in [9.17, 15) is 4.79 Å². The van der Waals surface area contributed by atoms with Gasteiger partial charge < -0.3 is 5.32 Å². The van der Waals surface area contributed by atoms with Crippen molar-refractivity contribution in [2.75, 3.05) is 0 Å². The SMILES string of the molecule is CC(NC(=O)c1ccccc1Cl)c1ccccn1. The molecular formula is C14H13ClN2O. The summed E-state index contributed by atoms with van der Waals surface area (Å²) in [6.45, 7) is 1.89. The van der Waals surface area contributed by atoms with Crippen LogP contribution >= 0.6 is 11.6 Å². The van der Waals surface area contributed by atoms with E-state index >= 15 is 0 Å². The maximum Gasteiger partial charge on any atom is 0.253 e. The molecule has 0 fully saturated rings. The number of amides is 1. The molecule has 1 N–H and O–H groups in total. The van der Waals surface area contributed by atoms with Gasteiger partial charge in [-0.15, -0.1) is 0 Å². The van der Waals surface area contributed by atoms with Crippen LogP contribution in [-0.2, 0) is 0 Å². The van der Waals surface area contributed by atoms with Gasteiger partial charge in [0, 0.05) is 6.20 Å². The van der Waals surface area contributed by atoms with Crippen molar-refractivity contribution in [2.45, 2.75) is 13.0 Å². The summed E-state index contributed by atoms with van der Waals surface area (Å²) in [6.07, 6.45) is 1.70. The topological polar surface area (TPSA) is 42.0 Å². The van der Waals surface area contributed by atoms with E-state index in [0.29, 0.717) is 10.6 Å². The number of rotatable bonds is 3. The van der Waals surface area contributed by atoms with Crippen LogP contribution in [0.3, 0.4) is 0 Å². The van der Waals surface area contributed by atoms with Crippen LogP contribution in [0.1, 0.15) is 29.0 Å². The molecule has 92 valence electrons. The van der Waals surface area contributed by atoms with E-state index in [1.165, 1.54) is 0 Å². The van der Waals surface area contributed by atoms with E-state index in [4.69, 9.17) is 11.6 Å². The summed E-state index contributed by atoms with van der Waals surface area (Å²) in [4.78, 5) is 16.2. The number of nitrogens with one attached hydrogen (secondary N) is 1. The minimum Gasteiger partial charge on any atom is -0.344 e. The lowest BCUT2D eigenvalue weighted by molar-refractivity contribution is 0.0939. The second kappa shape index (κ2) is 5.65. The average Bonchev–Trinajstić information content (AvgIpc) is 2.40. The van der Waals surface area contributed by atoms with Crippen LogP contribution < -0.4 is 5.32 Å². The second-order valence-electron chi connectivity index (χ2n) is 3.93. The monoisotopic (exact) mass is 260 g/mol. The summed E-state index contributed by atoms with van der Waals surface area (Å²) in [6, 6.07) is 12.4. The molecule has 1 aromatic carbocycles. The molecule has 0 aliphatic rings. The van der Waals surface area contributed by atoms with Gasteiger partial charge in [-0.05, 0) is 31.2 Å². The van der Waals surface area contributed by atoms with E-state index in [0.717, 1.165) is 5.69 Å². The molecule has 1 heterocycles. The number of hydrogen-bond acceptors (Lipinski definition) is 2. The summed E-state index contributed by atoms with van der Waals surface area (Å²) < 4.78 is 0. The highest BCUT2D eigenvalue weighted by atomic mass is 35.5. The predicted octanol–water partition coefficient (Wildman–Crippen LogP) is 3.23. The maximum absolute atomic E-state index is 12.0. The van der Waals surface area contributed by atoms with Gasteiger partial charge >= 0.3 is 0 Å². The Morgan fingerprint density at radius 2 is 1.94 bits per heavy atom. The molecule has 2 aromatic rings. The number of pyridine rings is 1. The van der Waals surface area contributed by atoms with Gasteiger partial charge in [-0.25, -0.2) is 0 Å². The Balaban J connectivity index is 2.11. The predicted molar refractivity (Wildman–Crippen MR) is 71.6 cm³/mol. The lowest BCUT2D eigenvalue weighted by Gasteiger charge is -2.13. The van der Waals surface area contributed by atoms with Crippen molar-refractivity contribution in [1.82, 2.24) is 10.3 Å². The first kappa shape index (κ1) is 12.6. The van der Waals surface area contributed by atoms with Crippen LogP contribution in [-0.4, -0.2) is 10.9 Å². The average molecular weight is 261 g/mol. The maximum atomic E-state index is 12.0. The number of halogens is 1. The zero-order valence-electron chi connectivity index (χ0n) is 9.93. The van der Waals surface area contributed by atoms with E-state index in [2.05, 4.69) is 10.3 Å². The highest BCUT2D eigenvalue weighted by molar-refractivity contribution is 6.33. The van der Waals surface area contributed by atoms with Crippen molar-refractivity contribution in [2.24, 2.45) is 0 Å². The number of hydrogen-bond donors (Lipinski definition) is 1. The molecule has 18 heavy (non-hydrogen) atoms. The normalized spacial score (nSPS) is 11.9. The molecule has 0 spiro atoms. The van der Waals surface area contributed by atoms with Crippen molar-refractivity contribution in [3.05, 3.63) is 64.9 Å². The van der Waals surface area contributed by atoms with Crippen molar-refractivity contribution >= 4 is 17.5 Å². The molecule has 4 heteroatoms. The first-order valence-corrected chi connectivity index (χ1v) is 6.02. The largest absolute Gasteiger partial charge is 0.344 e. The third kappa shape index (κ3) is 2.87. The molecule has 0 aliphatic heterocycles. The smallest absolute Gasteiger partial charge is 0.253 e. The molecule has 0 saturated heterocycles. The Labute approximate surface area is 111 Å². The van der Waals surface area contributed by atoms with Gasteiger partial charge in [0.15, 0.2) is 0 Å². The molecule has 0 aliphatic carbocycles. The fraction of sp³-hybridized carbons (Fsp3) is 0.143. The lowest BCUT2D eigenvalue weighted by atomic mass is 10.1. The number of carbonyl (C=O) groups is 1. The van der Waals surface area contributed by atoms with Crippen LogP contribution in [0.25, 0.3) is 0 Å². The van der Waals surface area contributed by atoms with Crippen molar-refractivity contribution < 1.29 is 4.79 Å². The Hall–Kier alpha value is -1.87. The van der Waals surface area contributed by atoms with Gasteiger partial charge in [0.1, 0.15) is 0 Å². The van der Waals surface area contributed by atoms with Gasteiger partial charge in [0.05, 0.1) is 22.3 Å². The van der Waals surface area contributed by atoms with E-state index in [-0.39, 0.29) is 11.9 Å². The summed E-state index contributed by atoms with van der Waals surface area (Å²) in [5.74, 6) is -0.196. The Morgan fingerprint density at radius 1 is 1.22 bits per heavy atom. The van der Waals surface area contributed by atoms with Crippen LogP contribution in [0.4, 0.5) is 0 Å². The number of nitrogens with zero attached hydrogens (tertiary/aromatic N) is 1. The Bertz CT molecular complexity index is 543. The fourth-order valence-corrected chi connectivity index (χ4v) is 1.85. The number of carbonyl (C=O) groups excluding carboxylic acids is 1. The first-order valence-electron chi connectivity index (χ1n) is 5.65. The first-order chi connectivity index (χ1) is 8.68. The summed E-state index contributed by atoms with van der Waals surface area (Å²) >= 11 is 5.97. The van der Waals surface area contributed by atoms with Gasteiger partial charge in [0.25, 0.3) is 5.91 Å². The molecule has 3 nitrogen and oxygen atoms in total. The Kier molecular flexibility index (Phi) is 3.95. The molecular weight excluding hydrogens is 248 g/mol. The molecule has 0 bridgehead atoms. The molecule has 1 aromatic heterocycles. The standard InChI is InChI=1S/C14H13ClN2O/c1-10(13-8-4-5-9-16-13)17-14(18)11-6-2-3-7-12(11)15/h2-10H,1H3,(H,17,18). The van der Waals surface area contributed by atoms with Crippen molar-refractivity contribution in [1.29, 1.82) is 0 Å². The zero-order chi connectivity index (χ0) is 13.0. The van der Waals surface area contributed by atoms with E-state index < -0.39 is 0 Å². The van der Waals surface area contributed by atoms with E-state index in [1.807, 2.05) is 25.1 Å². The van der Waals surface area contributed by atoms with Gasteiger partial charge in [-0.2, -0.15) is 0 Å². The lowest BCUT2D eigenvalue weighted by Crippen LogP contribution is -2.27. The number of benzene rings is 1. The molecule has 1 amide bonds. The van der Waals surface area contributed by atoms with Crippen LogP contribution in [0.2, 0.25) is 5.02 Å². The zero-order valence-corrected chi connectivity index (χ0v) is 10.7. The minimum absolute atomic E-state index is 0.157. The summed E-state index contributed by atoms with van der Waals surface area (Å²) in [5, 5.41) is 3.31. The molecule has 1 unspecified atom stereocenters. The third-order valence-electron chi connectivity index (χ3n) is 2.60. The summed E-state index contributed by atoms with van der Waals surface area (Å²) in [5.41, 5.74) is 1.29. The second-order valence-corrected chi connectivity index (χ2v) is 4.34. The Morgan fingerprint density at radius 3 is 2.61 bits per heavy atom.